The Kier molecular flexibility index (Phi) is 4.52. The van der Waals surface area contributed by atoms with Gasteiger partial charge in [-0.2, -0.15) is 0 Å². The molecular formula is C14H13BrN2O4S. The number of halogens is 1. The fourth-order valence-corrected chi connectivity index (χ4v) is 3.45. The summed E-state index contributed by atoms with van der Waals surface area (Å²) in [6.07, 6.45) is 0. The van der Waals surface area contributed by atoms with Gasteiger partial charge in [-0.25, -0.2) is 8.42 Å². The van der Waals surface area contributed by atoms with Crippen LogP contribution >= 0.6 is 15.9 Å². The number of nitrogens with zero attached hydrogens (tertiary/aromatic N) is 1. The van der Waals surface area contributed by atoms with Crippen molar-refractivity contribution in [2.24, 2.45) is 0 Å². The highest BCUT2D eigenvalue weighted by Gasteiger charge is 2.19. The first-order valence-electron chi connectivity index (χ1n) is 6.25. The summed E-state index contributed by atoms with van der Waals surface area (Å²) in [6, 6.07) is 9.12. The van der Waals surface area contributed by atoms with Crippen LogP contribution in [0.4, 0.5) is 11.4 Å². The Morgan fingerprint density at radius 3 is 2.27 bits per heavy atom. The summed E-state index contributed by atoms with van der Waals surface area (Å²) in [5, 5.41) is 10.9. The first kappa shape index (κ1) is 16.4. The molecular weight excluding hydrogens is 372 g/mol. The van der Waals surface area contributed by atoms with Gasteiger partial charge in [0.05, 0.1) is 20.0 Å². The first-order valence-corrected chi connectivity index (χ1v) is 8.52. The molecule has 0 aliphatic heterocycles. The molecule has 0 aliphatic rings. The lowest BCUT2D eigenvalue weighted by atomic mass is 10.2. The van der Waals surface area contributed by atoms with Crippen molar-refractivity contribution < 1.29 is 13.3 Å². The summed E-state index contributed by atoms with van der Waals surface area (Å²) < 4.78 is 27.3. The maximum Gasteiger partial charge on any atom is 0.283 e. The Morgan fingerprint density at radius 1 is 1.14 bits per heavy atom. The highest BCUT2D eigenvalue weighted by atomic mass is 79.9. The molecule has 0 atom stereocenters. The van der Waals surface area contributed by atoms with E-state index in [0.29, 0.717) is 5.56 Å². The molecule has 0 aliphatic carbocycles. The van der Waals surface area contributed by atoms with Crippen LogP contribution in [0, 0.1) is 24.0 Å². The minimum absolute atomic E-state index is 0.115. The second-order valence-corrected chi connectivity index (χ2v) is 7.33. The van der Waals surface area contributed by atoms with Gasteiger partial charge in [0.15, 0.2) is 0 Å². The van der Waals surface area contributed by atoms with Gasteiger partial charge < -0.3 is 0 Å². The third kappa shape index (κ3) is 3.45. The molecule has 0 saturated carbocycles. The lowest BCUT2D eigenvalue weighted by Crippen LogP contribution is -2.14. The van der Waals surface area contributed by atoms with Crippen LogP contribution in [-0.2, 0) is 10.0 Å². The number of rotatable bonds is 4. The van der Waals surface area contributed by atoms with Crippen LogP contribution in [0.1, 0.15) is 11.1 Å². The maximum atomic E-state index is 12.3. The van der Waals surface area contributed by atoms with Gasteiger partial charge in [0, 0.05) is 6.07 Å². The standard InChI is InChI=1S/C14H13BrN2O4S/c1-9-3-5-11(6-4-9)22(20,21)16-13-8-12(15)14(17(18)19)7-10(13)2/h3-8,16H,1-2H3. The molecule has 0 amide bonds. The van der Waals surface area contributed by atoms with E-state index in [4.69, 9.17) is 0 Å². The molecule has 0 bridgehead atoms. The van der Waals surface area contributed by atoms with E-state index in [9.17, 15) is 18.5 Å². The number of hydrogen-bond donors (Lipinski definition) is 1. The van der Waals surface area contributed by atoms with E-state index in [1.54, 1.807) is 19.1 Å². The van der Waals surface area contributed by atoms with Gasteiger partial charge >= 0.3 is 0 Å². The van der Waals surface area contributed by atoms with Crippen molar-refractivity contribution in [1.29, 1.82) is 0 Å². The minimum atomic E-state index is -3.74. The number of anilines is 1. The Morgan fingerprint density at radius 2 is 1.73 bits per heavy atom. The molecule has 0 fully saturated rings. The normalized spacial score (nSPS) is 11.2. The van der Waals surface area contributed by atoms with E-state index in [1.165, 1.54) is 24.3 Å². The molecule has 8 heteroatoms. The number of nitro benzene ring substituents is 1. The van der Waals surface area contributed by atoms with Gasteiger partial charge in [-0.3, -0.25) is 14.8 Å². The summed E-state index contributed by atoms with van der Waals surface area (Å²) in [7, 11) is -3.74. The second-order valence-electron chi connectivity index (χ2n) is 4.79. The zero-order chi connectivity index (χ0) is 16.5. The van der Waals surface area contributed by atoms with Crippen LogP contribution in [0.15, 0.2) is 45.8 Å². The van der Waals surface area contributed by atoms with Crippen molar-refractivity contribution >= 4 is 37.3 Å². The molecule has 0 heterocycles. The number of benzene rings is 2. The molecule has 116 valence electrons. The summed E-state index contributed by atoms with van der Waals surface area (Å²) in [4.78, 5) is 10.5. The Balaban J connectivity index is 2.40. The molecule has 22 heavy (non-hydrogen) atoms. The van der Waals surface area contributed by atoms with E-state index < -0.39 is 14.9 Å². The lowest BCUT2D eigenvalue weighted by molar-refractivity contribution is -0.385. The highest BCUT2D eigenvalue weighted by molar-refractivity contribution is 9.10. The van der Waals surface area contributed by atoms with Crippen molar-refractivity contribution in [3.8, 4) is 0 Å². The van der Waals surface area contributed by atoms with Gasteiger partial charge in [0.1, 0.15) is 0 Å². The molecule has 2 aromatic rings. The Labute approximate surface area is 136 Å². The molecule has 6 nitrogen and oxygen atoms in total. The zero-order valence-corrected chi connectivity index (χ0v) is 14.2. The van der Waals surface area contributed by atoms with Crippen LogP contribution in [-0.4, -0.2) is 13.3 Å². The minimum Gasteiger partial charge on any atom is -0.279 e. The number of hydrogen-bond acceptors (Lipinski definition) is 4. The molecule has 0 aromatic heterocycles. The van der Waals surface area contributed by atoms with Crippen LogP contribution in [0.2, 0.25) is 0 Å². The van der Waals surface area contributed by atoms with Crippen molar-refractivity contribution in [3.05, 3.63) is 62.1 Å². The number of nitrogens with one attached hydrogen (secondary N) is 1. The van der Waals surface area contributed by atoms with Crippen LogP contribution < -0.4 is 4.72 Å². The Hall–Kier alpha value is -1.93. The van der Waals surface area contributed by atoms with Crippen LogP contribution in [0.3, 0.4) is 0 Å². The fraction of sp³-hybridized carbons (Fsp3) is 0.143. The quantitative estimate of drug-likeness (QED) is 0.641. The van der Waals surface area contributed by atoms with E-state index in [-0.39, 0.29) is 20.7 Å². The average molecular weight is 385 g/mol. The second kappa shape index (κ2) is 6.05. The van der Waals surface area contributed by atoms with Crippen LogP contribution in [0.5, 0.6) is 0 Å². The molecule has 0 spiro atoms. The molecule has 0 radical (unpaired) electrons. The van der Waals surface area contributed by atoms with Gasteiger partial charge in [-0.05, 0) is 53.5 Å². The molecule has 0 saturated heterocycles. The topological polar surface area (TPSA) is 89.3 Å². The van der Waals surface area contributed by atoms with Gasteiger partial charge in [0.25, 0.3) is 15.7 Å². The summed E-state index contributed by atoms with van der Waals surface area (Å²) in [5.74, 6) is 0. The summed E-state index contributed by atoms with van der Waals surface area (Å²) in [6.45, 7) is 3.47. The Bertz CT molecular complexity index is 833. The monoisotopic (exact) mass is 384 g/mol. The highest BCUT2D eigenvalue weighted by Crippen LogP contribution is 2.32. The van der Waals surface area contributed by atoms with E-state index >= 15 is 0 Å². The third-order valence-corrected chi connectivity index (χ3v) is 5.08. The number of sulfonamides is 1. The summed E-state index contributed by atoms with van der Waals surface area (Å²) in [5.41, 5.74) is 1.59. The number of aryl methyl sites for hydroxylation is 2. The van der Waals surface area contributed by atoms with Crippen molar-refractivity contribution in [2.75, 3.05) is 4.72 Å². The molecule has 2 rings (SSSR count). The predicted octanol–water partition coefficient (Wildman–Crippen LogP) is 3.77. The third-order valence-electron chi connectivity index (χ3n) is 3.07. The average Bonchev–Trinajstić information content (AvgIpc) is 2.42. The predicted molar refractivity (Wildman–Crippen MR) is 87.5 cm³/mol. The molecule has 0 unspecified atom stereocenters. The molecule has 2 aromatic carbocycles. The largest absolute Gasteiger partial charge is 0.283 e. The van der Waals surface area contributed by atoms with Gasteiger partial charge in [-0.15, -0.1) is 0 Å². The first-order chi connectivity index (χ1) is 10.2. The van der Waals surface area contributed by atoms with Crippen LogP contribution in [0.25, 0.3) is 0 Å². The van der Waals surface area contributed by atoms with E-state index in [0.717, 1.165) is 5.56 Å². The fourth-order valence-electron chi connectivity index (χ4n) is 1.84. The summed E-state index contributed by atoms with van der Waals surface area (Å²) >= 11 is 3.08. The smallest absolute Gasteiger partial charge is 0.279 e. The maximum absolute atomic E-state index is 12.3. The van der Waals surface area contributed by atoms with Gasteiger partial charge in [0.2, 0.25) is 0 Å². The van der Waals surface area contributed by atoms with Crippen molar-refractivity contribution in [3.63, 3.8) is 0 Å². The number of nitro groups is 1. The van der Waals surface area contributed by atoms with E-state index in [1.807, 2.05) is 6.92 Å². The van der Waals surface area contributed by atoms with Gasteiger partial charge in [-0.1, -0.05) is 17.7 Å². The zero-order valence-electron chi connectivity index (χ0n) is 11.8. The van der Waals surface area contributed by atoms with Crippen molar-refractivity contribution in [2.45, 2.75) is 18.7 Å². The molecule has 1 N–H and O–H groups in total. The van der Waals surface area contributed by atoms with E-state index in [2.05, 4.69) is 20.7 Å². The lowest BCUT2D eigenvalue weighted by Gasteiger charge is -2.11. The SMILES string of the molecule is Cc1ccc(S(=O)(=O)Nc2cc(Br)c([N+](=O)[O-])cc2C)cc1. The van der Waals surface area contributed by atoms with Crippen molar-refractivity contribution in [1.82, 2.24) is 0 Å².